The van der Waals surface area contributed by atoms with Crippen molar-refractivity contribution in [3.63, 3.8) is 0 Å². The topological polar surface area (TPSA) is 59.1 Å². The summed E-state index contributed by atoms with van der Waals surface area (Å²) in [4.78, 5) is 17.7. The zero-order chi connectivity index (χ0) is 19.4. The molecule has 4 nitrogen and oxygen atoms in total. The molecule has 0 fully saturated rings. The van der Waals surface area contributed by atoms with E-state index in [1.165, 1.54) is 11.3 Å². The van der Waals surface area contributed by atoms with Crippen molar-refractivity contribution in [1.82, 2.24) is 4.98 Å². The zero-order valence-electron chi connectivity index (χ0n) is 14.4. The van der Waals surface area contributed by atoms with Crippen LogP contribution in [0.15, 0.2) is 48.7 Å². The number of hydrogen-bond acceptors (Lipinski definition) is 4. The summed E-state index contributed by atoms with van der Waals surface area (Å²) in [5.41, 5.74) is 2.28. The van der Waals surface area contributed by atoms with E-state index in [-0.39, 0.29) is 5.91 Å². The van der Waals surface area contributed by atoms with Gasteiger partial charge in [0.25, 0.3) is 5.91 Å². The third-order valence-corrected chi connectivity index (χ3v) is 5.96. The molecule has 0 saturated carbocycles. The number of carbonyl (C=O) groups is 1. The van der Waals surface area contributed by atoms with Crippen molar-refractivity contribution >= 4 is 56.4 Å². The van der Waals surface area contributed by atoms with Gasteiger partial charge in [-0.2, -0.15) is 0 Å². The highest BCUT2D eigenvalue weighted by atomic mass is 35.5. The summed E-state index contributed by atoms with van der Waals surface area (Å²) in [6, 6.07) is 12.4. The molecule has 0 saturated heterocycles. The van der Waals surface area contributed by atoms with E-state index in [1.807, 2.05) is 12.1 Å². The van der Waals surface area contributed by atoms with Crippen molar-refractivity contribution in [2.45, 2.75) is 12.2 Å². The zero-order valence-corrected chi connectivity index (χ0v) is 17.5. The highest BCUT2D eigenvalue weighted by molar-refractivity contribution is 7.83. The van der Waals surface area contributed by atoms with Gasteiger partial charge in [0.05, 0.1) is 0 Å². The second kappa shape index (κ2) is 8.97. The van der Waals surface area contributed by atoms with Crippen LogP contribution in [0.4, 0.5) is 5.13 Å². The lowest BCUT2D eigenvalue weighted by Crippen LogP contribution is -2.12. The number of thiazole rings is 1. The molecular weight excluding hydrogens is 423 g/mol. The van der Waals surface area contributed by atoms with Gasteiger partial charge in [0, 0.05) is 55.9 Å². The Morgan fingerprint density at radius 3 is 2.81 bits per heavy atom. The summed E-state index contributed by atoms with van der Waals surface area (Å²) in [6.07, 6.45) is 3.94. The number of anilines is 1. The third kappa shape index (κ3) is 5.62. The summed E-state index contributed by atoms with van der Waals surface area (Å²) < 4.78 is 11.4. The van der Waals surface area contributed by atoms with Gasteiger partial charge in [-0.25, -0.2) is 4.98 Å². The number of hydrogen-bond donors (Lipinski definition) is 1. The van der Waals surface area contributed by atoms with Crippen molar-refractivity contribution in [1.29, 1.82) is 0 Å². The summed E-state index contributed by atoms with van der Waals surface area (Å²) >= 11 is 13.6. The molecule has 1 aromatic heterocycles. The van der Waals surface area contributed by atoms with Crippen molar-refractivity contribution in [3.05, 3.63) is 80.3 Å². The number of nitrogens with one attached hydrogen (secondary N) is 1. The maximum absolute atomic E-state index is 12.5. The largest absolute Gasteiger partial charge is 0.298 e. The van der Waals surface area contributed by atoms with Gasteiger partial charge in [-0.05, 0) is 41.5 Å². The number of rotatable bonds is 6. The molecule has 8 heteroatoms. The van der Waals surface area contributed by atoms with Crippen LogP contribution in [0.1, 0.15) is 26.4 Å². The summed E-state index contributed by atoms with van der Waals surface area (Å²) in [7, 11) is -0.958. The molecule has 3 rings (SSSR count). The summed E-state index contributed by atoms with van der Waals surface area (Å²) in [5.74, 6) is 0.170. The number of nitrogens with zero attached hydrogens (tertiary/aromatic N) is 1. The lowest BCUT2D eigenvalue weighted by Gasteiger charge is -2.04. The lowest BCUT2D eigenvalue weighted by molar-refractivity contribution is 0.102. The van der Waals surface area contributed by atoms with Crippen LogP contribution in [0, 0.1) is 0 Å². The average Bonchev–Trinajstić information content (AvgIpc) is 3.05. The first-order valence-corrected chi connectivity index (χ1v) is 11.3. The molecular formula is C19H16Cl2N2O2S2. The normalized spacial score (nSPS) is 12.0. The van der Waals surface area contributed by atoms with Crippen LogP contribution in [0.5, 0.6) is 0 Å². The minimum absolute atomic E-state index is 0.250. The highest BCUT2D eigenvalue weighted by Gasteiger charge is 2.11. The van der Waals surface area contributed by atoms with Crippen LogP contribution in [0.2, 0.25) is 10.0 Å². The molecule has 0 radical (unpaired) electrons. The summed E-state index contributed by atoms with van der Waals surface area (Å²) in [6.45, 7) is 0. The van der Waals surface area contributed by atoms with Crippen LogP contribution in [0.25, 0.3) is 0 Å². The third-order valence-electron chi connectivity index (χ3n) is 3.71. The quantitative estimate of drug-likeness (QED) is 0.577. The molecule has 0 aliphatic carbocycles. The van der Waals surface area contributed by atoms with E-state index in [2.05, 4.69) is 10.3 Å². The molecule has 1 atom stereocenters. The first kappa shape index (κ1) is 20.0. The molecule has 27 heavy (non-hydrogen) atoms. The Labute approximate surface area is 174 Å². The minimum Gasteiger partial charge on any atom is -0.298 e. The van der Waals surface area contributed by atoms with Gasteiger partial charge in [0.1, 0.15) is 0 Å². The molecule has 1 amide bonds. The SMILES string of the molecule is CS(=O)Cc1cccc(C(=O)Nc2ncc(Cc3cc(Cl)ccc3Cl)s2)c1. The van der Waals surface area contributed by atoms with Crippen molar-refractivity contribution in [3.8, 4) is 0 Å². The number of carbonyl (C=O) groups excluding carboxylic acids is 1. The molecule has 0 aliphatic rings. The number of halogens is 2. The second-order valence-electron chi connectivity index (χ2n) is 5.92. The van der Waals surface area contributed by atoms with Crippen LogP contribution >= 0.6 is 34.5 Å². The van der Waals surface area contributed by atoms with E-state index in [0.29, 0.717) is 32.9 Å². The molecule has 3 aromatic rings. The van der Waals surface area contributed by atoms with E-state index >= 15 is 0 Å². The Kier molecular flexibility index (Phi) is 6.65. The van der Waals surface area contributed by atoms with Crippen LogP contribution in [-0.2, 0) is 23.0 Å². The minimum atomic E-state index is -0.958. The fourth-order valence-electron chi connectivity index (χ4n) is 2.52. The standard InChI is InChI=1S/C19H16Cl2N2O2S2/c1-27(25)11-12-3-2-4-13(7-12)18(24)23-19-22-10-16(26-19)9-14-8-15(20)5-6-17(14)21/h2-8,10H,9,11H2,1H3,(H,22,23,24). The Hall–Kier alpha value is -1.73. The van der Waals surface area contributed by atoms with Crippen molar-refractivity contribution in [2.24, 2.45) is 0 Å². The van der Waals surface area contributed by atoms with Gasteiger partial charge in [-0.1, -0.05) is 35.3 Å². The molecule has 1 unspecified atom stereocenters. The Morgan fingerprint density at radius 1 is 1.22 bits per heavy atom. The monoisotopic (exact) mass is 438 g/mol. The molecule has 0 bridgehead atoms. The molecule has 0 spiro atoms. The van der Waals surface area contributed by atoms with E-state index in [1.54, 1.807) is 42.8 Å². The molecule has 2 aromatic carbocycles. The Balaban J connectivity index is 1.69. The fraction of sp³-hybridized carbons (Fsp3) is 0.158. The molecule has 0 aliphatic heterocycles. The maximum atomic E-state index is 12.5. The maximum Gasteiger partial charge on any atom is 0.257 e. The Morgan fingerprint density at radius 2 is 2.04 bits per heavy atom. The second-order valence-corrected chi connectivity index (χ2v) is 9.31. The average molecular weight is 439 g/mol. The van der Waals surface area contributed by atoms with Gasteiger partial charge in [0.15, 0.2) is 5.13 Å². The smallest absolute Gasteiger partial charge is 0.257 e. The number of amides is 1. The van der Waals surface area contributed by atoms with E-state index in [4.69, 9.17) is 23.2 Å². The first-order chi connectivity index (χ1) is 12.9. The van der Waals surface area contributed by atoms with Crippen molar-refractivity contribution in [2.75, 3.05) is 11.6 Å². The van der Waals surface area contributed by atoms with Crippen molar-refractivity contribution < 1.29 is 9.00 Å². The van der Waals surface area contributed by atoms with Gasteiger partial charge in [0.2, 0.25) is 0 Å². The van der Waals surface area contributed by atoms with Gasteiger partial charge in [-0.3, -0.25) is 14.3 Å². The number of aromatic nitrogens is 1. The van der Waals surface area contributed by atoms with E-state index in [0.717, 1.165) is 16.0 Å². The number of benzene rings is 2. The predicted molar refractivity (Wildman–Crippen MR) is 114 cm³/mol. The van der Waals surface area contributed by atoms with Gasteiger partial charge in [-0.15, -0.1) is 11.3 Å². The molecule has 140 valence electrons. The lowest BCUT2D eigenvalue weighted by atomic mass is 10.1. The predicted octanol–water partition coefficient (Wildman–Crippen LogP) is 5.17. The van der Waals surface area contributed by atoms with Gasteiger partial charge >= 0.3 is 0 Å². The highest BCUT2D eigenvalue weighted by Crippen LogP contribution is 2.27. The van der Waals surface area contributed by atoms with Crippen LogP contribution < -0.4 is 5.32 Å². The first-order valence-electron chi connectivity index (χ1n) is 7.99. The van der Waals surface area contributed by atoms with Crippen LogP contribution in [-0.4, -0.2) is 21.4 Å². The fourth-order valence-corrected chi connectivity index (χ4v) is 4.38. The Bertz CT molecular complexity index is 1000. The molecule has 1 heterocycles. The van der Waals surface area contributed by atoms with Crippen LogP contribution in [0.3, 0.4) is 0 Å². The van der Waals surface area contributed by atoms with E-state index in [9.17, 15) is 9.00 Å². The van der Waals surface area contributed by atoms with Gasteiger partial charge < -0.3 is 0 Å². The molecule has 1 N–H and O–H groups in total. The van der Waals surface area contributed by atoms with E-state index < -0.39 is 10.8 Å². The summed E-state index contributed by atoms with van der Waals surface area (Å²) in [5, 5.41) is 4.58.